The monoisotopic (exact) mass is 347 g/mol. The van der Waals surface area contributed by atoms with Gasteiger partial charge in [-0.15, -0.1) is 0 Å². The number of nitrogens with one attached hydrogen (secondary N) is 1. The maximum absolute atomic E-state index is 12.4. The highest BCUT2D eigenvalue weighted by molar-refractivity contribution is 6.01. The van der Waals surface area contributed by atoms with E-state index in [1.807, 2.05) is 33.8 Å². The lowest BCUT2D eigenvalue weighted by Gasteiger charge is -2.26. The van der Waals surface area contributed by atoms with E-state index in [9.17, 15) is 9.59 Å². The highest BCUT2D eigenvalue weighted by Gasteiger charge is 2.23. The fraction of sp³-hybridized carbons (Fsp3) is 0.500. The van der Waals surface area contributed by atoms with Crippen molar-refractivity contribution in [1.82, 2.24) is 14.9 Å². The minimum Gasteiger partial charge on any atom is -0.465 e. The molecule has 0 saturated carbocycles. The number of rotatable bonds is 5. The van der Waals surface area contributed by atoms with Crippen molar-refractivity contribution in [3.05, 3.63) is 29.6 Å². The van der Waals surface area contributed by atoms with Gasteiger partial charge in [-0.1, -0.05) is 13.0 Å². The van der Waals surface area contributed by atoms with E-state index in [2.05, 4.69) is 9.97 Å². The summed E-state index contributed by atoms with van der Waals surface area (Å²) in [5.41, 5.74) is 1.08. The van der Waals surface area contributed by atoms with E-state index in [1.165, 1.54) is 7.11 Å². The minimum absolute atomic E-state index is 0.276. The lowest BCUT2D eigenvalue weighted by atomic mass is 10.2. The highest BCUT2D eigenvalue weighted by Crippen LogP contribution is 2.19. The molecule has 1 aromatic carbocycles. The number of hydrogen-bond donors (Lipinski definition) is 1. The third kappa shape index (κ3) is 4.71. The van der Waals surface area contributed by atoms with Gasteiger partial charge in [0.15, 0.2) is 0 Å². The SMILES string of the molecule is CCCN(Cc1nc2c(C(=O)OC)cccc2[nH]1)C(=O)OC(C)(C)C. The van der Waals surface area contributed by atoms with E-state index in [1.54, 1.807) is 17.0 Å². The molecular weight excluding hydrogens is 322 g/mol. The van der Waals surface area contributed by atoms with Crippen molar-refractivity contribution in [2.75, 3.05) is 13.7 Å². The van der Waals surface area contributed by atoms with E-state index in [0.29, 0.717) is 23.4 Å². The second-order valence-electron chi connectivity index (χ2n) is 6.78. The normalized spacial score (nSPS) is 11.4. The molecule has 0 radical (unpaired) electrons. The van der Waals surface area contributed by atoms with Crippen LogP contribution >= 0.6 is 0 Å². The van der Waals surface area contributed by atoms with E-state index in [0.717, 1.165) is 11.9 Å². The Balaban J connectivity index is 2.27. The lowest BCUT2D eigenvalue weighted by molar-refractivity contribution is 0.0229. The lowest BCUT2D eigenvalue weighted by Crippen LogP contribution is -2.37. The van der Waals surface area contributed by atoms with Crippen LogP contribution in [0.3, 0.4) is 0 Å². The number of carbonyl (C=O) groups excluding carboxylic acids is 2. The maximum Gasteiger partial charge on any atom is 0.410 e. The summed E-state index contributed by atoms with van der Waals surface area (Å²) in [6.45, 7) is 8.32. The molecule has 0 unspecified atom stereocenters. The molecule has 0 atom stereocenters. The van der Waals surface area contributed by atoms with Crippen molar-refractivity contribution in [2.24, 2.45) is 0 Å². The number of carbonyl (C=O) groups is 2. The first-order chi connectivity index (χ1) is 11.7. The number of amides is 1. The highest BCUT2D eigenvalue weighted by atomic mass is 16.6. The first-order valence-electron chi connectivity index (χ1n) is 8.29. The van der Waals surface area contributed by atoms with Gasteiger partial charge in [0, 0.05) is 6.54 Å². The summed E-state index contributed by atoms with van der Waals surface area (Å²) < 4.78 is 10.2. The number of ether oxygens (including phenoxy) is 2. The average molecular weight is 347 g/mol. The van der Waals surface area contributed by atoms with E-state index < -0.39 is 11.6 Å². The molecule has 7 nitrogen and oxygen atoms in total. The largest absolute Gasteiger partial charge is 0.465 e. The van der Waals surface area contributed by atoms with Gasteiger partial charge in [0.1, 0.15) is 16.9 Å². The van der Waals surface area contributed by atoms with Crippen LogP contribution in [0.5, 0.6) is 0 Å². The van der Waals surface area contributed by atoms with Crippen LogP contribution in [0, 0.1) is 0 Å². The van der Waals surface area contributed by atoms with Gasteiger partial charge in [-0.3, -0.25) is 0 Å². The first kappa shape index (κ1) is 18.8. The topological polar surface area (TPSA) is 84.5 Å². The van der Waals surface area contributed by atoms with Gasteiger partial charge >= 0.3 is 12.1 Å². The molecule has 0 saturated heterocycles. The Kier molecular flexibility index (Phi) is 5.66. The Morgan fingerprint density at radius 1 is 1.28 bits per heavy atom. The molecule has 0 aliphatic heterocycles. The van der Waals surface area contributed by atoms with Crippen LogP contribution in [0.25, 0.3) is 11.0 Å². The Bertz CT molecular complexity index is 761. The zero-order valence-corrected chi connectivity index (χ0v) is 15.4. The van der Waals surface area contributed by atoms with Crippen molar-refractivity contribution in [2.45, 2.75) is 46.3 Å². The summed E-state index contributed by atoms with van der Waals surface area (Å²) in [5.74, 6) is 0.145. The fourth-order valence-corrected chi connectivity index (χ4v) is 2.44. The summed E-state index contributed by atoms with van der Waals surface area (Å²) in [5, 5.41) is 0. The van der Waals surface area contributed by atoms with Crippen LogP contribution < -0.4 is 0 Å². The molecule has 1 aromatic heterocycles. The van der Waals surface area contributed by atoms with Crippen LogP contribution in [0.15, 0.2) is 18.2 Å². The van der Waals surface area contributed by atoms with E-state index >= 15 is 0 Å². The van der Waals surface area contributed by atoms with Crippen LogP contribution in [-0.2, 0) is 16.0 Å². The summed E-state index contributed by atoms with van der Waals surface area (Å²) in [7, 11) is 1.33. The minimum atomic E-state index is -0.561. The number of para-hydroxylation sites is 1. The molecule has 1 amide bonds. The standard InChI is InChI=1S/C18H25N3O4/c1-6-10-21(17(23)25-18(2,3)4)11-14-19-13-9-7-8-12(15(13)20-14)16(22)24-5/h7-9H,6,10-11H2,1-5H3,(H,19,20). The molecule has 136 valence electrons. The number of esters is 1. The summed E-state index contributed by atoms with van der Waals surface area (Å²) in [6, 6.07) is 5.25. The number of benzene rings is 1. The molecule has 1 heterocycles. The Labute approximate surface area is 147 Å². The van der Waals surface area contributed by atoms with Crippen molar-refractivity contribution in [3.63, 3.8) is 0 Å². The number of methoxy groups -OCH3 is 1. The quantitative estimate of drug-likeness (QED) is 0.837. The molecule has 25 heavy (non-hydrogen) atoms. The summed E-state index contributed by atoms with van der Waals surface area (Å²) in [4.78, 5) is 33.5. The van der Waals surface area contributed by atoms with E-state index in [-0.39, 0.29) is 12.6 Å². The van der Waals surface area contributed by atoms with Gasteiger partial charge in [0.25, 0.3) is 0 Å². The predicted octanol–water partition coefficient (Wildman–Crippen LogP) is 3.50. The molecule has 1 N–H and O–H groups in total. The Morgan fingerprint density at radius 2 is 2.00 bits per heavy atom. The molecule has 0 spiro atoms. The third-order valence-corrected chi connectivity index (χ3v) is 3.45. The van der Waals surface area contributed by atoms with E-state index in [4.69, 9.17) is 9.47 Å². The van der Waals surface area contributed by atoms with Gasteiger partial charge < -0.3 is 19.4 Å². The van der Waals surface area contributed by atoms with Gasteiger partial charge in [0.2, 0.25) is 0 Å². The predicted molar refractivity (Wildman–Crippen MR) is 94.4 cm³/mol. The van der Waals surface area contributed by atoms with Crippen LogP contribution in [0.4, 0.5) is 4.79 Å². The summed E-state index contributed by atoms with van der Waals surface area (Å²) in [6.07, 6.45) is 0.412. The summed E-state index contributed by atoms with van der Waals surface area (Å²) >= 11 is 0. The fourth-order valence-electron chi connectivity index (χ4n) is 2.44. The molecule has 7 heteroatoms. The second-order valence-corrected chi connectivity index (χ2v) is 6.78. The molecule has 0 bridgehead atoms. The van der Waals surface area contributed by atoms with Crippen LogP contribution in [-0.4, -0.2) is 46.2 Å². The molecule has 0 aliphatic carbocycles. The van der Waals surface area contributed by atoms with Crippen molar-refractivity contribution >= 4 is 23.1 Å². The second kappa shape index (κ2) is 7.55. The van der Waals surface area contributed by atoms with Crippen molar-refractivity contribution < 1.29 is 19.1 Å². The number of hydrogen-bond acceptors (Lipinski definition) is 5. The smallest absolute Gasteiger partial charge is 0.410 e. The number of imidazole rings is 1. The molecule has 2 rings (SSSR count). The van der Waals surface area contributed by atoms with Gasteiger partial charge in [-0.2, -0.15) is 0 Å². The van der Waals surface area contributed by atoms with Crippen molar-refractivity contribution in [1.29, 1.82) is 0 Å². The number of fused-ring (bicyclic) bond motifs is 1. The Hall–Kier alpha value is -2.57. The number of H-pyrrole nitrogens is 1. The zero-order chi connectivity index (χ0) is 18.6. The van der Waals surface area contributed by atoms with Crippen molar-refractivity contribution in [3.8, 4) is 0 Å². The number of aromatic amines is 1. The number of nitrogens with zero attached hydrogens (tertiary/aromatic N) is 2. The average Bonchev–Trinajstić information content (AvgIpc) is 2.94. The number of aromatic nitrogens is 2. The molecule has 0 fully saturated rings. The maximum atomic E-state index is 12.4. The zero-order valence-electron chi connectivity index (χ0n) is 15.4. The van der Waals surface area contributed by atoms with Gasteiger partial charge in [-0.25, -0.2) is 14.6 Å². The molecule has 2 aromatic rings. The van der Waals surface area contributed by atoms with Crippen LogP contribution in [0.1, 0.15) is 50.3 Å². The van der Waals surface area contributed by atoms with Gasteiger partial charge in [0.05, 0.1) is 24.7 Å². The molecule has 0 aliphatic rings. The Morgan fingerprint density at radius 3 is 2.60 bits per heavy atom. The van der Waals surface area contributed by atoms with Gasteiger partial charge in [-0.05, 0) is 39.3 Å². The first-order valence-corrected chi connectivity index (χ1v) is 8.29. The third-order valence-electron chi connectivity index (χ3n) is 3.45. The molecular formula is C18H25N3O4. The van der Waals surface area contributed by atoms with Crippen LogP contribution in [0.2, 0.25) is 0 Å².